The van der Waals surface area contributed by atoms with Gasteiger partial charge in [0, 0.05) is 5.56 Å². The number of aromatic nitrogens is 2. The molecule has 1 amide bonds. The van der Waals surface area contributed by atoms with Crippen LogP contribution in [0.25, 0.3) is 11.3 Å². The zero-order valence-electron chi connectivity index (χ0n) is 14.0. The zero-order chi connectivity index (χ0) is 18.5. The number of rotatable bonds is 5. The smallest absolute Gasteiger partial charge is 0.272 e. The summed E-state index contributed by atoms with van der Waals surface area (Å²) in [5.74, 6) is -0.384. The number of H-pyrrole nitrogens is 1. The van der Waals surface area contributed by atoms with Crippen LogP contribution >= 0.6 is 23.2 Å². The molecule has 0 unspecified atom stereocenters. The molecule has 0 fully saturated rings. The van der Waals surface area contributed by atoms with E-state index in [1.54, 1.807) is 30.5 Å². The fourth-order valence-electron chi connectivity index (χ4n) is 2.31. The molecule has 2 N–H and O–H groups in total. The summed E-state index contributed by atoms with van der Waals surface area (Å²) in [6.07, 6.45) is 2.57. The van der Waals surface area contributed by atoms with Crippen LogP contribution in [-0.4, -0.2) is 22.3 Å². The van der Waals surface area contributed by atoms with Gasteiger partial charge in [-0.2, -0.15) is 10.2 Å². The SMILES string of the molecule is CCc1ccc(/C=N/NC(=O)c2cc(-c3ccc(Cl)c(Cl)c3)n[nH]2)cc1. The second-order valence-corrected chi connectivity index (χ2v) is 6.40. The van der Waals surface area contributed by atoms with E-state index in [1.807, 2.05) is 24.3 Å². The maximum absolute atomic E-state index is 12.2. The molecule has 0 saturated heterocycles. The molecule has 0 radical (unpaired) electrons. The van der Waals surface area contributed by atoms with Crippen molar-refractivity contribution in [2.24, 2.45) is 5.10 Å². The van der Waals surface area contributed by atoms with Gasteiger partial charge in [-0.3, -0.25) is 9.89 Å². The molecule has 0 atom stereocenters. The Kier molecular flexibility index (Phi) is 5.71. The van der Waals surface area contributed by atoms with Crippen molar-refractivity contribution in [3.8, 4) is 11.3 Å². The van der Waals surface area contributed by atoms with Crippen molar-refractivity contribution in [1.29, 1.82) is 0 Å². The van der Waals surface area contributed by atoms with Crippen LogP contribution in [0.5, 0.6) is 0 Å². The number of nitrogens with one attached hydrogen (secondary N) is 2. The third-order valence-corrected chi connectivity index (χ3v) is 4.54. The minimum atomic E-state index is -0.384. The van der Waals surface area contributed by atoms with Gasteiger partial charge in [-0.1, -0.05) is 60.5 Å². The molecule has 26 heavy (non-hydrogen) atoms. The van der Waals surface area contributed by atoms with Crippen LogP contribution in [-0.2, 0) is 6.42 Å². The highest BCUT2D eigenvalue weighted by atomic mass is 35.5. The van der Waals surface area contributed by atoms with E-state index in [0.717, 1.165) is 17.5 Å². The summed E-state index contributed by atoms with van der Waals surface area (Å²) in [7, 11) is 0. The van der Waals surface area contributed by atoms with Gasteiger partial charge in [0.25, 0.3) is 5.91 Å². The number of amides is 1. The molecule has 0 bridgehead atoms. The van der Waals surface area contributed by atoms with Gasteiger partial charge in [0.15, 0.2) is 0 Å². The van der Waals surface area contributed by atoms with E-state index < -0.39 is 0 Å². The number of carbonyl (C=O) groups excluding carboxylic acids is 1. The van der Waals surface area contributed by atoms with Crippen molar-refractivity contribution >= 4 is 35.3 Å². The van der Waals surface area contributed by atoms with Crippen molar-refractivity contribution in [3.05, 3.63) is 75.4 Å². The van der Waals surface area contributed by atoms with Gasteiger partial charge in [0.1, 0.15) is 5.69 Å². The highest BCUT2D eigenvalue weighted by Crippen LogP contribution is 2.27. The van der Waals surface area contributed by atoms with E-state index in [9.17, 15) is 4.79 Å². The molecule has 1 heterocycles. The lowest BCUT2D eigenvalue weighted by Crippen LogP contribution is -2.17. The summed E-state index contributed by atoms with van der Waals surface area (Å²) in [6, 6.07) is 14.7. The van der Waals surface area contributed by atoms with Crippen molar-refractivity contribution in [2.45, 2.75) is 13.3 Å². The molecule has 2 aromatic carbocycles. The van der Waals surface area contributed by atoms with Crippen LogP contribution < -0.4 is 5.43 Å². The Morgan fingerprint density at radius 1 is 1.15 bits per heavy atom. The van der Waals surface area contributed by atoms with E-state index in [-0.39, 0.29) is 5.91 Å². The summed E-state index contributed by atoms with van der Waals surface area (Å²) >= 11 is 11.9. The quantitative estimate of drug-likeness (QED) is 0.492. The third kappa shape index (κ3) is 4.31. The van der Waals surface area contributed by atoms with E-state index in [4.69, 9.17) is 23.2 Å². The molecule has 3 aromatic rings. The molecule has 132 valence electrons. The summed E-state index contributed by atoms with van der Waals surface area (Å²) < 4.78 is 0. The number of hydrazone groups is 1. The Balaban J connectivity index is 1.65. The number of carbonyl (C=O) groups is 1. The lowest BCUT2D eigenvalue weighted by Gasteiger charge is -1.99. The molecule has 7 heteroatoms. The van der Waals surface area contributed by atoms with Crippen molar-refractivity contribution in [1.82, 2.24) is 15.6 Å². The van der Waals surface area contributed by atoms with Crippen molar-refractivity contribution in [3.63, 3.8) is 0 Å². The van der Waals surface area contributed by atoms with Crippen LogP contribution in [0.4, 0.5) is 0 Å². The minimum Gasteiger partial charge on any atom is -0.272 e. The van der Waals surface area contributed by atoms with Gasteiger partial charge in [-0.05, 0) is 35.7 Å². The number of aryl methyl sites for hydroxylation is 1. The number of aromatic amines is 1. The van der Waals surface area contributed by atoms with E-state index in [0.29, 0.717) is 21.4 Å². The molecule has 1 aromatic heterocycles. The van der Waals surface area contributed by atoms with Crippen molar-refractivity contribution in [2.75, 3.05) is 0 Å². The molecule has 3 rings (SSSR count). The van der Waals surface area contributed by atoms with E-state index >= 15 is 0 Å². The molecule has 0 aliphatic carbocycles. The van der Waals surface area contributed by atoms with Gasteiger partial charge >= 0.3 is 0 Å². The summed E-state index contributed by atoms with van der Waals surface area (Å²) in [5.41, 5.74) is 6.27. The maximum Gasteiger partial charge on any atom is 0.289 e. The van der Waals surface area contributed by atoms with Gasteiger partial charge in [0.05, 0.1) is 22.0 Å². The molecule has 0 aliphatic heterocycles. The standard InChI is InChI=1S/C19H16Cl2N4O/c1-2-12-3-5-13(6-4-12)11-22-25-19(26)18-10-17(23-24-18)14-7-8-15(20)16(21)9-14/h3-11H,2H2,1H3,(H,23,24)(H,25,26)/b22-11+. The Hall–Kier alpha value is -2.63. The second-order valence-electron chi connectivity index (χ2n) is 5.59. The summed E-state index contributed by atoms with van der Waals surface area (Å²) in [5, 5.41) is 11.7. The lowest BCUT2D eigenvalue weighted by molar-refractivity contribution is 0.0950. The average molecular weight is 387 g/mol. The Bertz CT molecular complexity index is 948. The molecule has 0 spiro atoms. The van der Waals surface area contributed by atoms with Crippen LogP contribution in [0.1, 0.15) is 28.5 Å². The highest BCUT2D eigenvalue weighted by Gasteiger charge is 2.11. The molecular formula is C19H16Cl2N4O. The minimum absolute atomic E-state index is 0.296. The predicted octanol–water partition coefficient (Wildman–Crippen LogP) is 4.71. The normalized spacial score (nSPS) is 11.0. The second kappa shape index (κ2) is 8.17. The van der Waals surface area contributed by atoms with Crippen LogP contribution in [0, 0.1) is 0 Å². The van der Waals surface area contributed by atoms with Gasteiger partial charge < -0.3 is 0 Å². The van der Waals surface area contributed by atoms with Gasteiger partial charge in [-0.15, -0.1) is 0 Å². The van der Waals surface area contributed by atoms with Gasteiger partial charge in [0.2, 0.25) is 0 Å². The first-order chi connectivity index (χ1) is 12.6. The van der Waals surface area contributed by atoms with Gasteiger partial charge in [-0.25, -0.2) is 5.43 Å². The fourth-order valence-corrected chi connectivity index (χ4v) is 2.60. The largest absolute Gasteiger partial charge is 0.289 e. The topological polar surface area (TPSA) is 70.1 Å². The predicted molar refractivity (Wildman–Crippen MR) is 105 cm³/mol. The Morgan fingerprint density at radius 2 is 1.92 bits per heavy atom. The molecule has 5 nitrogen and oxygen atoms in total. The first-order valence-corrected chi connectivity index (χ1v) is 8.75. The van der Waals surface area contributed by atoms with Crippen LogP contribution in [0.15, 0.2) is 53.6 Å². The Morgan fingerprint density at radius 3 is 2.62 bits per heavy atom. The fraction of sp³-hybridized carbons (Fsp3) is 0.105. The summed E-state index contributed by atoms with van der Waals surface area (Å²) in [6.45, 7) is 2.10. The highest BCUT2D eigenvalue weighted by molar-refractivity contribution is 6.42. The zero-order valence-corrected chi connectivity index (χ0v) is 15.5. The third-order valence-electron chi connectivity index (χ3n) is 3.81. The summed E-state index contributed by atoms with van der Waals surface area (Å²) in [4.78, 5) is 12.2. The number of nitrogens with zero attached hydrogens (tertiary/aromatic N) is 2. The maximum atomic E-state index is 12.2. The number of benzene rings is 2. The Labute approximate surface area is 161 Å². The number of halogens is 2. The van der Waals surface area contributed by atoms with Crippen LogP contribution in [0.3, 0.4) is 0 Å². The monoisotopic (exact) mass is 386 g/mol. The molecule has 0 saturated carbocycles. The number of hydrogen-bond acceptors (Lipinski definition) is 3. The first kappa shape index (κ1) is 18.2. The lowest BCUT2D eigenvalue weighted by atomic mass is 10.1. The average Bonchev–Trinajstić information content (AvgIpc) is 3.15. The number of hydrogen-bond donors (Lipinski definition) is 2. The molecular weight excluding hydrogens is 371 g/mol. The van der Waals surface area contributed by atoms with E-state index in [1.165, 1.54) is 5.56 Å². The van der Waals surface area contributed by atoms with E-state index in [2.05, 4.69) is 27.6 Å². The van der Waals surface area contributed by atoms with Crippen LogP contribution in [0.2, 0.25) is 10.0 Å². The van der Waals surface area contributed by atoms with Crippen molar-refractivity contribution < 1.29 is 4.79 Å². The molecule has 0 aliphatic rings. The first-order valence-electron chi connectivity index (χ1n) is 8.00.